The van der Waals surface area contributed by atoms with Gasteiger partial charge in [0.2, 0.25) is 5.78 Å². The Morgan fingerprint density at radius 2 is 1.83 bits per heavy atom. The number of amides is 4. The van der Waals surface area contributed by atoms with Gasteiger partial charge in [0.1, 0.15) is 29.4 Å². The summed E-state index contributed by atoms with van der Waals surface area (Å²) in [4.78, 5) is 67.2. The molecule has 1 aromatic carbocycles. The van der Waals surface area contributed by atoms with Crippen molar-refractivity contribution in [1.82, 2.24) is 10.2 Å². The molecule has 1 heterocycles. The molecule has 0 unspecified atom stereocenters. The Bertz CT molecular complexity index is 1650. The number of aliphatic hydroxyl groups is 3. The maximum Gasteiger partial charge on any atom is 0.573 e. The third-order valence-corrected chi connectivity index (χ3v) is 9.04. The second-order valence-electron chi connectivity index (χ2n) is 11.9. The summed E-state index contributed by atoms with van der Waals surface area (Å²) in [7, 11) is 0. The molecule has 7 N–H and O–H groups in total. The van der Waals surface area contributed by atoms with Gasteiger partial charge in [-0.15, -0.1) is 13.2 Å². The third-order valence-electron chi connectivity index (χ3n) is 9.04. The Kier molecular flexibility index (Phi) is 8.51. The van der Waals surface area contributed by atoms with Crippen molar-refractivity contribution in [1.29, 1.82) is 0 Å². The van der Waals surface area contributed by atoms with Crippen molar-refractivity contribution in [2.24, 2.45) is 17.6 Å². The standard InChI is InChI=1S/C30H33F3N4O10/c1-3-5-7-36-11-17(38)37(28(36)45)15-10-16(47-30(31,32)33)13-8-12-9-14-21(35-6-4-2)24(41)20(27(34)44)26(43)29(14,46)25(42)18(12)23(40)19(13)22(15)39/h10,12,14,21,35,39-40,43,46H,3-9,11H2,1-2H3,(H2,34,44)/t12-,14-,21-,29-/m0/s1. The van der Waals surface area contributed by atoms with E-state index in [0.29, 0.717) is 30.2 Å². The number of hydrogen-bond donors (Lipinski definition) is 6. The van der Waals surface area contributed by atoms with E-state index in [-0.39, 0.29) is 19.5 Å². The molecule has 0 spiro atoms. The van der Waals surface area contributed by atoms with Gasteiger partial charge in [-0.05, 0) is 38.1 Å². The van der Waals surface area contributed by atoms with Crippen molar-refractivity contribution in [2.45, 2.75) is 64.0 Å². The van der Waals surface area contributed by atoms with Crippen LogP contribution >= 0.6 is 0 Å². The van der Waals surface area contributed by atoms with E-state index in [1.54, 1.807) is 6.92 Å². The van der Waals surface area contributed by atoms with Gasteiger partial charge in [-0.1, -0.05) is 20.3 Å². The van der Waals surface area contributed by atoms with Crippen LogP contribution in [0.15, 0.2) is 23.0 Å². The molecule has 4 aliphatic rings. The summed E-state index contributed by atoms with van der Waals surface area (Å²) in [5, 5.41) is 48.4. The molecule has 17 heteroatoms. The third kappa shape index (κ3) is 5.26. The number of aliphatic hydroxyl groups excluding tert-OH is 2. The lowest BCUT2D eigenvalue weighted by molar-refractivity contribution is -0.275. The van der Waals surface area contributed by atoms with Crippen molar-refractivity contribution < 1.29 is 62.3 Å². The van der Waals surface area contributed by atoms with Crippen LogP contribution in [0.1, 0.15) is 50.7 Å². The number of urea groups is 1. The van der Waals surface area contributed by atoms with Crippen LogP contribution in [0.2, 0.25) is 0 Å². The van der Waals surface area contributed by atoms with Gasteiger partial charge in [0.15, 0.2) is 17.1 Å². The van der Waals surface area contributed by atoms with Gasteiger partial charge in [-0.2, -0.15) is 0 Å². The summed E-state index contributed by atoms with van der Waals surface area (Å²) in [6.07, 6.45) is -4.59. The van der Waals surface area contributed by atoms with E-state index in [1.807, 2.05) is 6.92 Å². The van der Waals surface area contributed by atoms with E-state index in [1.165, 1.54) is 0 Å². The number of fused-ring (bicyclic) bond motifs is 3. The molecule has 0 bridgehead atoms. The Labute approximate surface area is 265 Å². The highest BCUT2D eigenvalue weighted by molar-refractivity contribution is 6.25. The molecule has 4 atom stereocenters. The van der Waals surface area contributed by atoms with E-state index < -0.39 is 123 Å². The molecule has 5 rings (SSSR count). The lowest BCUT2D eigenvalue weighted by Crippen LogP contribution is -2.66. The Hall–Kier alpha value is -4.64. The monoisotopic (exact) mass is 666 g/mol. The molecule has 1 aliphatic heterocycles. The average Bonchev–Trinajstić information content (AvgIpc) is 3.26. The summed E-state index contributed by atoms with van der Waals surface area (Å²) in [5.74, 6) is -11.9. The predicted molar refractivity (Wildman–Crippen MR) is 155 cm³/mol. The number of phenolic OH excluding ortho intramolecular Hbond substituents is 1. The SMILES string of the molecule is CCCCN1CC(=O)N(c2cc(OC(F)(F)F)c3c(c2O)C(O)=C2C(=O)[C@]4(O)C(O)=C(C(N)=O)C(=O)[C@@H](NCCC)[C@@H]4C[C@@H]2C3)C1=O. The number of carbonyl (C=O) groups excluding carboxylic acids is 5. The largest absolute Gasteiger partial charge is 0.573 e. The van der Waals surface area contributed by atoms with E-state index in [0.717, 1.165) is 4.90 Å². The molecule has 0 radical (unpaired) electrons. The van der Waals surface area contributed by atoms with Gasteiger partial charge < -0.3 is 41.1 Å². The number of rotatable bonds is 9. The second-order valence-corrected chi connectivity index (χ2v) is 11.9. The minimum atomic E-state index is -5.32. The van der Waals surface area contributed by atoms with Gasteiger partial charge in [0, 0.05) is 29.7 Å². The molecular formula is C30H33F3N4O10. The molecule has 3 aliphatic carbocycles. The molecule has 4 amide bonds. The number of phenols is 1. The van der Waals surface area contributed by atoms with Crippen molar-refractivity contribution in [3.05, 3.63) is 34.1 Å². The summed E-state index contributed by atoms with van der Waals surface area (Å²) in [6.45, 7) is 3.44. The molecule has 14 nitrogen and oxygen atoms in total. The van der Waals surface area contributed by atoms with Crippen LogP contribution in [-0.4, -0.2) is 92.4 Å². The number of benzene rings is 1. The normalized spacial score (nSPS) is 26.1. The number of hydrogen-bond acceptors (Lipinski definition) is 11. The highest BCUT2D eigenvalue weighted by Gasteiger charge is 2.64. The van der Waals surface area contributed by atoms with Crippen molar-refractivity contribution in [2.75, 3.05) is 24.5 Å². The number of Topliss-reactive ketones (excluding diaryl/α,β-unsaturated/α-hetero) is 2. The maximum atomic E-state index is 14.1. The van der Waals surface area contributed by atoms with Crippen molar-refractivity contribution in [3.63, 3.8) is 0 Å². The van der Waals surface area contributed by atoms with Crippen LogP contribution in [0.5, 0.6) is 11.5 Å². The molecular weight excluding hydrogens is 633 g/mol. The number of imide groups is 1. The van der Waals surface area contributed by atoms with Crippen LogP contribution in [0.4, 0.5) is 23.7 Å². The number of carbonyl (C=O) groups is 5. The fraction of sp³-hybridized carbons (Fsp3) is 0.500. The smallest absolute Gasteiger partial charge is 0.508 e. The summed E-state index contributed by atoms with van der Waals surface area (Å²) >= 11 is 0. The lowest BCUT2D eigenvalue weighted by atomic mass is 9.57. The second kappa shape index (κ2) is 11.9. The zero-order valence-electron chi connectivity index (χ0n) is 25.3. The lowest BCUT2D eigenvalue weighted by Gasteiger charge is -2.49. The zero-order chi connectivity index (χ0) is 34.7. The van der Waals surface area contributed by atoms with Crippen molar-refractivity contribution >= 4 is 40.9 Å². The molecule has 1 saturated heterocycles. The quantitative estimate of drug-likeness (QED) is 0.165. The fourth-order valence-corrected chi connectivity index (χ4v) is 6.93. The molecule has 2 fully saturated rings. The van der Waals surface area contributed by atoms with E-state index >= 15 is 0 Å². The first-order valence-electron chi connectivity index (χ1n) is 15.0. The Morgan fingerprint density at radius 3 is 2.43 bits per heavy atom. The predicted octanol–water partition coefficient (Wildman–Crippen LogP) is 1.87. The van der Waals surface area contributed by atoms with Crippen LogP contribution in [0, 0.1) is 11.8 Å². The topological polar surface area (TPSA) is 220 Å². The number of nitrogens with zero attached hydrogens (tertiary/aromatic N) is 2. The summed E-state index contributed by atoms with van der Waals surface area (Å²) in [6, 6.07) is -1.74. The molecule has 0 aromatic heterocycles. The molecule has 1 saturated carbocycles. The highest BCUT2D eigenvalue weighted by atomic mass is 19.4. The van der Waals surface area contributed by atoms with Crippen LogP contribution in [0.3, 0.4) is 0 Å². The summed E-state index contributed by atoms with van der Waals surface area (Å²) in [5.41, 5.74) is -1.31. The van der Waals surface area contributed by atoms with Crippen LogP contribution in [-0.2, 0) is 25.6 Å². The minimum Gasteiger partial charge on any atom is -0.508 e. The number of nitrogens with one attached hydrogen (secondary N) is 1. The van der Waals surface area contributed by atoms with E-state index in [9.17, 15) is 57.6 Å². The number of ketones is 2. The van der Waals surface area contributed by atoms with E-state index in [2.05, 4.69) is 10.1 Å². The maximum absolute atomic E-state index is 14.1. The molecule has 254 valence electrons. The first-order valence-corrected chi connectivity index (χ1v) is 15.0. The zero-order valence-corrected chi connectivity index (χ0v) is 25.3. The minimum absolute atomic E-state index is 0.140. The number of alkyl halides is 3. The van der Waals surface area contributed by atoms with Gasteiger partial charge in [0.25, 0.3) is 11.8 Å². The average molecular weight is 667 g/mol. The van der Waals surface area contributed by atoms with Gasteiger partial charge >= 0.3 is 12.4 Å². The van der Waals surface area contributed by atoms with Crippen molar-refractivity contribution in [3.8, 4) is 11.5 Å². The highest BCUT2D eigenvalue weighted by Crippen LogP contribution is 2.55. The number of nitrogens with two attached hydrogens (primary N) is 1. The number of ether oxygens (including phenoxy) is 1. The molecule has 1 aromatic rings. The fourth-order valence-electron chi connectivity index (χ4n) is 6.93. The van der Waals surface area contributed by atoms with Crippen LogP contribution < -0.4 is 20.7 Å². The Balaban J connectivity index is 1.71. The van der Waals surface area contributed by atoms with E-state index in [4.69, 9.17) is 5.73 Å². The summed E-state index contributed by atoms with van der Waals surface area (Å²) < 4.78 is 45.3. The van der Waals surface area contributed by atoms with Gasteiger partial charge in [-0.3, -0.25) is 19.2 Å². The molecule has 47 heavy (non-hydrogen) atoms. The number of unbranched alkanes of at least 4 members (excludes halogenated alkanes) is 1. The number of anilines is 1. The van der Waals surface area contributed by atoms with Crippen LogP contribution in [0.25, 0.3) is 5.76 Å². The van der Waals surface area contributed by atoms with Gasteiger partial charge in [0.05, 0.1) is 17.3 Å². The number of aromatic hydroxyl groups is 1. The number of primary amides is 1. The Morgan fingerprint density at radius 1 is 1.15 bits per heavy atom. The first kappa shape index (κ1) is 33.7. The first-order chi connectivity index (χ1) is 22.0. The number of halogens is 3. The van der Waals surface area contributed by atoms with Gasteiger partial charge in [-0.25, -0.2) is 9.69 Å².